The number of hydrogen-bond acceptors (Lipinski definition) is 6. The molecule has 10 heteroatoms. The molecule has 1 amide bonds. The Morgan fingerprint density at radius 1 is 1.33 bits per heavy atom. The largest absolute Gasteiger partial charge is 0.337 e. The van der Waals surface area contributed by atoms with Crippen molar-refractivity contribution >= 4 is 27.3 Å². The minimum atomic E-state index is -3.38. The Balaban J connectivity index is 1.38. The maximum absolute atomic E-state index is 12.4. The van der Waals surface area contributed by atoms with E-state index < -0.39 is 10.0 Å². The van der Waals surface area contributed by atoms with E-state index in [1.807, 2.05) is 6.20 Å². The van der Waals surface area contributed by atoms with E-state index in [1.165, 1.54) is 15.6 Å². The van der Waals surface area contributed by atoms with Crippen molar-refractivity contribution in [3.63, 3.8) is 0 Å². The molecule has 4 heterocycles. The molecule has 0 bridgehead atoms. The van der Waals surface area contributed by atoms with Gasteiger partial charge in [-0.15, -0.1) is 16.4 Å². The van der Waals surface area contributed by atoms with Gasteiger partial charge in [0.25, 0.3) is 10.0 Å². The molecule has 2 aliphatic heterocycles. The van der Waals surface area contributed by atoms with Crippen LogP contribution in [0.15, 0.2) is 27.9 Å². The van der Waals surface area contributed by atoms with E-state index >= 15 is 0 Å². The Bertz CT molecular complexity index is 840. The van der Waals surface area contributed by atoms with Gasteiger partial charge in [-0.05, 0) is 17.9 Å². The van der Waals surface area contributed by atoms with Gasteiger partial charge in [-0.2, -0.15) is 4.31 Å². The molecule has 0 aliphatic carbocycles. The van der Waals surface area contributed by atoms with E-state index in [1.54, 1.807) is 27.1 Å². The summed E-state index contributed by atoms with van der Waals surface area (Å²) in [6.45, 7) is 2.03. The lowest BCUT2D eigenvalue weighted by Gasteiger charge is -2.37. The predicted octanol–water partition coefficient (Wildman–Crippen LogP) is 0.708. The van der Waals surface area contributed by atoms with Crippen molar-refractivity contribution in [3.05, 3.63) is 29.4 Å². The molecule has 128 valence electrons. The fraction of sp³-hybridized carbons (Fsp3) is 0.500. The molecule has 24 heavy (non-hydrogen) atoms. The number of amides is 1. The average molecular weight is 367 g/mol. The van der Waals surface area contributed by atoms with Crippen LogP contribution >= 0.6 is 11.3 Å². The van der Waals surface area contributed by atoms with E-state index in [0.29, 0.717) is 30.3 Å². The SMILES string of the molecule is O=C1CCCN1Cc1cn(C2CN(S(=O)(=O)c3cccs3)C2)nn1. The first-order valence-electron chi connectivity index (χ1n) is 7.76. The third-order valence-corrected chi connectivity index (χ3v) is 7.58. The third kappa shape index (κ3) is 2.74. The molecule has 4 rings (SSSR count). The lowest BCUT2D eigenvalue weighted by molar-refractivity contribution is -0.128. The first kappa shape index (κ1) is 15.7. The van der Waals surface area contributed by atoms with Crippen molar-refractivity contribution in [1.82, 2.24) is 24.2 Å². The second-order valence-corrected chi connectivity index (χ2v) is 9.13. The maximum Gasteiger partial charge on any atom is 0.252 e. The highest BCUT2D eigenvalue weighted by Gasteiger charge is 2.38. The summed E-state index contributed by atoms with van der Waals surface area (Å²) in [7, 11) is -3.38. The molecular weight excluding hydrogens is 350 g/mol. The van der Waals surface area contributed by atoms with Gasteiger partial charge in [0, 0.05) is 26.1 Å². The number of rotatable bonds is 5. The Morgan fingerprint density at radius 3 is 2.83 bits per heavy atom. The topological polar surface area (TPSA) is 88.4 Å². The molecule has 0 atom stereocenters. The maximum atomic E-state index is 12.4. The minimum Gasteiger partial charge on any atom is -0.337 e. The van der Waals surface area contributed by atoms with E-state index in [-0.39, 0.29) is 11.9 Å². The number of hydrogen-bond donors (Lipinski definition) is 0. The Labute approximate surface area is 143 Å². The first-order chi connectivity index (χ1) is 11.5. The van der Waals surface area contributed by atoms with Crippen LogP contribution in [0.25, 0.3) is 0 Å². The monoisotopic (exact) mass is 367 g/mol. The molecule has 2 aromatic rings. The van der Waals surface area contributed by atoms with Crippen molar-refractivity contribution in [2.75, 3.05) is 19.6 Å². The molecule has 0 spiro atoms. The molecule has 0 saturated carbocycles. The summed E-state index contributed by atoms with van der Waals surface area (Å²) in [6.07, 6.45) is 3.31. The van der Waals surface area contributed by atoms with E-state index in [4.69, 9.17) is 0 Å². The summed E-state index contributed by atoms with van der Waals surface area (Å²) in [5.41, 5.74) is 0.741. The Hall–Kier alpha value is -1.78. The standard InChI is InChI=1S/C14H17N5O3S2/c20-13-3-1-5-17(13)7-11-8-19(16-15-11)12-9-18(10-12)24(21,22)14-4-2-6-23-14/h2,4,6,8,12H,1,3,5,7,9-10H2. The summed E-state index contributed by atoms with van der Waals surface area (Å²) in [4.78, 5) is 13.4. The highest BCUT2D eigenvalue weighted by molar-refractivity contribution is 7.91. The van der Waals surface area contributed by atoms with Crippen molar-refractivity contribution in [3.8, 4) is 0 Å². The van der Waals surface area contributed by atoms with Crippen LogP contribution in [0.4, 0.5) is 0 Å². The summed E-state index contributed by atoms with van der Waals surface area (Å²) < 4.78 is 28.3. The molecule has 2 saturated heterocycles. The number of nitrogens with zero attached hydrogens (tertiary/aromatic N) is 5. The molecule has 0 radical (unpaired) electrons. The van der Waals surface area contributed by atoms with Crippen LogP contribution in [0.2, 0.25) is 0 Å². The van der Waals surface area contributed by atoms with Gasteiger partial charge in [-0.3, -0.25) is 4.79 Å². The average Bonchev–Trinajstić information content (AvgIpc) is 3.21. The number of carbonyl (C=O) groups is 1. The van der Waals surface area contributed by atoms with Gasteiger partial charge in [0.1, 0.15) is 9.90 Å². The minimum absolute atomic E-state index is 0.00438. The highest BCUT2D eigenvalue weighted by atomic mass is 32.2. The van der Waals surface area contributed by atoms with Crippen molar-refractivity contribution < 1.29 is 13.2 Å². The lowest BCUT2D eigenvalue weighted by atomic mass is 10.2. The van der Waals surface area contributed by atoms with Gasteiger partial charge in [0.15, 0.2) is 0 Å². The van der Waals surface area contributed by atoms with E-state index in [0.717, 1.165) is 18.7 Å². The predicted molar refractivity (Wildman–Crippen MR) is 86.8 cm³/mol. The molecule has 8 nitrogen and oxygen atoms in total. The van der Waals surface area contributed by atoms with Crippen molar-refractivity contribution in [2.24, 2.45) is 0 Å². The second-order valence-electron chi connectivity index (χ2n) is 6.02. The summed E-state index contributed by atoms with van der Waals surface area (Å²) in [5, 5.41) is 9.96. The quantitative estimate of drug-likeness (QED) is 0.776. The van der Waals surface area contributed by atoms with Crippen LogP contribution in [0, 0.1) is 0 Å². The van der Waals surface area contributed by atoms with Crippen LogP contribution in [-0.4, -0.2) is 58.2 Å². The van der Waals surface area contributed by atoms with Crippen LogP contribution in [0.3, 0.4) is 0 Å². The first-order valence-corrected chi connectivity index (χ1v) is 10.1. The number of thiophene rings is 1. The van der Waals surface area contributed by atoms with Gasteiger partial charge in [0.2, 0.25) is 5.91 Å². The Kier molecular flexibility index (Phi) is 3.89. The zero-order valence-electron chi connectivity index (χ0n) is 12.9. The molecule has 2 fully saturated rings. The van der Waals surface area contributed by atoms with Crippen molar-refractivity contribution in [1.29, 1.82) is 0 Å². The number of carbonyl (C=O) groups excluding carboxylic acids is 1. The fourth-order valence-electron chi connectivity index (χ4n) is 2.95. The highest BCUT2D eigenvalue weighted by Crippen LogP contribution is 2.29. The van der Waals surface area contributed by atoms with Crippen LogP contribution in [0.1, 0.15) is 24.6 Å². The lowest BCUT2D eigenvalue weighted by Crippen LogP contribution is -2.50. The fourth-order valence-corrected chi connectivity index (χ4v) is 5.61. The third-order valence-electron chi connectivity index (χ3n) is 4.37. The summed E-state index contributed by atoms with van der Waals surface area (Å²) in [6, 6.07) is 3.35. The van der Waals surface area contributed by atoms with Crippen molar-refractivity contribution in [2.45, 2.75) is 29.6 Å². The van der Waals surface area contributed by atoms with Crippen LogP contribution < -0.4 is 0 Å². The van der Waals surface area contributed by atoms with E-state index in [9.17, 15) is 13.2 Å². The van der Waals surface area contributed by atoms with Gasteiger partial charge >= 0.3 is 0 Å². The molecule has 2 aromatic heterocycles. The number of aromatic nitrogens is 3. The molecular formula is C14H17N5O3S2. The zero-order valence-corrected chi connectivity index (χ0v) is 14.5. The van der Waals surface area contributed by atoms with Gasteiger partial charge in [-0.25, -0.2) is 13.1 Å². The summed E-state index contributed by atoms with van der Waals surface area (Å²) >= 11 is 1.22. The number of likely N-dealkylation sites (tertiary alicyclic amines) is 1. The molecule has 0 unspecified atom stereocenters. The zero-order chi connectivity index (χ0) is 16.7. The molecule has 2 aliphatic rings. The van der Waals surface area contributed by atoms with Crippen LogP contribution in [-0.2, 0) is 21.4 Å². The van der Waals surface area contributed by atoms with Gasteiger partial charge in [0.05, 0.1) is 18.8 Å². The smallest absolute Gasteiger partial charge is 0.252 e. The molecule has 0 N–H and O–H groups in total. The van der Waals surface area contributed by atoms with Crippen LogP contribution in [0.5, 0.6) is 0 Å². The van der Waals surface area contributed by atoms with Gasteiger partial charge in [-0.1, -0.05) is 11.3 Å². The summed E-state index contributed by atoms with van der Waals surface area (Å²) in [5.74, 6) is 0.154. The van der Waals surface area contributed by atoms with E-state index in [2.05, 4.69) is 10.3 Å². The normalized spacial score (nSPS) is 19.8. The Morgan fingerprint density at radius 2 is 2.17 bits per heavy atom. The second kappa shape index (κ2) is 5.94. The number of sulfonamides is 1. The molecule has 0 aromatic carbocycles. The van der Waals surface area contributed by atoms with Gasteiger partial charge < -0.3 is 4.90 Å².